The molecule has 0 fully saturated rings. The zero-order chi connectivity index (χ0) is 16.3. The lowest BCUT2D eigenvalue weighted by Crippen LogP contribution is -2.37. The highest BCUT2D eigenvalue weighted by atomic mass is 35.5. The van der Waals surface area contributed by atoms with Gasteiger partial charge in [-0.1, -0.05) is 22.8 Å². The van der Waals surface area contributed by atoms with Crippen molar-refractivity contribution in [3.63, 3.8) is 0 Å². The van der Waals surface area contributed by atoms with Gasteiger partial charge in [-0.2, -0.15) is 0 Å². The first kappa shape index (κ1) is 16.0. The van der Waals surface area contributed by atoms with Gasteiger partial charge in [0.05, 0.1) is 0 Å². The minimum Gasteiger partial charge on any atom is -0.360 e. The maximum atomic E-state index is 12.1. The molecule has 0 radical (unpaired) electrons. The van der Waals surface area contributed by atoms with E-state index in [1.54, 1.807) is 31.2 Å². The molecule has 22 heavy (non-hydrogen) atoms. The monoisotopic (exact) mass is 321 g/mol. The van der Waals surface area contributed by atoms with Crippen molar-refractivity contribution in [2.24, 2.45) is 0 Å². The van der Waals surface area contributed by atoms with Crippen LogP contribution >= 0.6 is 11.6 Å². The van der Waals surface area contributed by atoms with Crippen molar-refractivity contribution in [1.82, 2.24) is 5.16 Å². The number of nitrogens with one attached hydrogen (secondary N) is 1. The first-order valence-corrected chi connectivity index (χ1v) is 7.02. The second-order valence-electron chi connectivity index (χ2n) is 4.91. The number of carbonyl (C=O) groups is 2. The Morgan fingerprint density at radius 1 is 1.32 bits per heavy atom. The summed E-state index contributed by atoms with van der Waals surface area (Å²) in [6.45, 7) is 4.83. The van der Waals surface area contributed by atoms with Crippen molar-refractivity contribution in [2.75, 3.05) is 16.8 Å². The van der Waals surface area contributed by atoms with Gasteiger partial charge < -0.3 is 14.7 Å². The lowest BCUT2D eigenvalue weighted by Gasteiger charge is -2.22. The fourth-order valence-electron chi connectivity index (χ4n) is 1.99. The van der Waals surface area contributed by atoms with E-state index in [-0.39, 0.29) is 18.4 Å². The van der Waals surface area contributed by atoms with Crippen LogP contribution in [0, 0.1) is 13.8 Å². The molecular weight excluding hydrogens is 306 g/mol. The average Bonchev–Trinajstić information content (AvgIpc) is 2.84. The van der Waals surface area contributed by atoms with Gasteiger partial charge in [-0.3, -0.25) is 9.59 Å². The van der Waals surface area contributed by atoms with Gasteiger partial charge in [0, 0.05) is 23.7 Å². The molecule has 2 rings (SSSR count). The zero-order valence-electron chi connectivity index (χ0n) is 12.5. The van der Waals surface area contributed by atoms with E-state index in [0.717, 1.165) is 5.56 Å². The summed E-state index contributed by atoms with van der Waals surface area (Å²) < 4.78 is 4.87. The third-order valence-electron chi connectivity index (χ3n) is 3.04. The first-order chi connectivity index (χ1) is 10.4. The number of halogens is 1. The number of nitrogens with zero attached hydrogens (tertiary/aromatic N) is 2. The van der Waals surface area contributed by atoms with Gasteiger partial charge in [0.15, 0.2) is 5.82 Å². The highest BCUT2D eigenvalue weighted by molar-refractivity contribution is 6.31. The minimum atomic E-state index is -0.372. The van der Waals surface area contributed by atoms with Crippen molar-refractivity contribution in [3.8, 4) is 0 Å². The largest absolute Gasteiger partial charge is 0.360 e. The Kier molecular flexibility index (Phi) is 4.82. The zero-order valence-corrected chi connectivity index (χ0v) is 13.3. The second-order valence-corrected chi connectivity index (χ2v) is 5.34. The van der Waals surface area contributed by atoms with Gasteiger partial charge in [-0.15, -0.1) is 0 Å². The summed E-state index contributed by atoms with van der Waals surface area (Å²) in [5, 5.41) is 6.76. The van der Waals surface area contributed by atoms with Crippen molar-refractivity contribution in [3.05, 3.63) is 40.6 Å². The molecule has 1 aromatic heterocycles. The summed E-state index contributed by atoms with van der Waals surface area (Å²) >= 11 is 5.97. The molecule has 2 amide bonds. The van der Waals surface area contributed by atoms with E-state index in [4.69, 9.17) is 16.1 Å². The summed E-state index contributed by atoms with van der Waals surface area (Å²) in [6.07, 6.45) is 0. The normalized spacial score (nSPS) is 10.4. The third-order valence-corrected chi connectivity index (χ3v) is 3.27. The molecule has 116 valence electrons. The number of rotatable bonds is 4. The lowest BCUT2D eigenvalue weighted by molar-refractivity contribution is -0.120. The lowest BCUT2D eigenvalue weighted by atomic mass is 10.1. The molecule has 0 unspecified atom stereocenters. The van der Waals surface area contributed by atoms with E-state index in [1.807, 2.05) is 6.92 Å². The summed E-state index contributed by atoms with van der Waals surface area (Å²) in [4.78, 5) is 25.3. The number of hydrogen-bond donors (Lipinski definition) is 1. The molecule has 0 aliphatic rings. The van der Waals surface area contributed by atoms with Crippen molar-refractivity contribution >= 4 is 34.9 Å². The Morgan fingerprint density at radius 2 is 2.05 bits per heavy atom. The van der Waals surface area contributed by atoms with E-state index in [0.29, 0.717) is 22.3 Å². The number of benzene rings is 1. The molecule has 1 aromatic carbocycles. The molecule has 7 heteroatoms. The van der Waals surface area contributed by atoms with Crippen LogP contribution in [0.3, 0.4) is 0 Å². The molecule has 0 aliphatic carbocycles. The van der Waals surface area contributed by atoms with Crippen LogP contribution in [0.4, 0.5) is 11.5 Å². The van der Waals surface area contributed by atoms with Crippen LogP contribution in [0.1, 0.15) is 18.2 Å². The van der Waals surface area contributed by atoms with Gasteiger partial charge in [0.1, 0.15) is 12.3 Å². The standard InChI is InChI=1S/C15H16ClN3O3/c1-9-4-5-12(16)7-13(9)19(11(3)20)8-15(21)17-14-6-10(2)22-18-14/h4-7H,8H2,1-3H3,(H,17,18,21). The van der Waals surface area contributed by atoms with Crippen molar-refractivity contribution in [1.29, 1.82) is 0 Å². The fourth-order valence-corrected chi connectivity index (χ4v) is 2.16. The highest BCUT2D eigenvalue weighted by Crippen LogP contribution is 2.24. The van der Waals surface area contributed by atoms with Crippen LogP contribution in [0.2, 0.25) is 5.02 Å². The molecule has 6 nitrogen and oxygen atoms in total. The predicted octanol–water partition coefficient (Wildman–Crippen LogP) is 2.94. The molecule has 0 spiro atoms. The fraction of sp³-hybridized carbons (Fsp3) is 0.267. The summed E-state index contributed by atoms with van der Waals surface area (Å²) in [6, 6.07) is 6.79. The Hall–Kier alpha value is -2.34. The van der Waals surface area contributed by atoms with Crippen LogP contribution in [0.5, 0.6) is 0 Å². The van der Waals surface area contributed by atoms with Gasteiger partial charge in [-0.25, -0.2) is 0 Å². The number of amides is 2. The molecule has 1 heterocycles. The number of aryl methyl sites for hydroxylation is 2. The molecule has 2 aromatic rings. The third kappa shape index (κ3) is 3.85. The number of carbonyl (C=O) groups excluding carboxylic acids is 2. The van der Waals surface area contributed by atoms with Crippen molar-refractivity contribution in [2.45, 2.75) is 20.8 Å². The molecule has 0 aliphatic heterocycles. The smallest absolute Gasteiger partial charge is 0.245 e. The Morgan fingerprint density at radius 3 is 2.64 bits per heavy atom. The van der Waals surface area contributed by atoms with E-state index in [1.165, 1.54) is 11.8 Å². The second kappa shape index (κ2) is 6.62. The van der Waals surface area contributed by atoms with Crippen molar-refractivity contribution < 1.29 is 14.1 Å². The van der Waals surface area contributed by atoms with E-state index in [2.05, 4.69) is 10.5 Å². The number of hydrogen-bond acceptors (Lipinski definition) is 4. The minimum absolute atomic E-state index is 0.136. The number of aromatic nitrogens is 1. The van der Waals surface area contributed by atoms with Crippen LogP contribution in [0.25, 0.3) is 0 Å². The molecule has 0 saturated carbocycles. The molecular formula is C15H16ClN3O3. The van der Waals surface area contributed by atoms with Gasteiger partial charge in [0.25, 0.3) is 0 Å². The summed E-state index contributed by atoms with van der Waals surface area (Å²) in [5.41, 5.74) is 1.45. The maximum absolute atomic E-state index is 12.1. The van der Waals surface area contributed by atoms with Crippen LogP contribution in [-0.2, 0) is 9.59 Å². The van der Waals surface area contributed by atoms with E-state index < -0.39 is 0 Å². The first-order valence-electron chi connectivity index (χ1n) is 6.64. The Bertz CT molecular complexity index is 712. The topological polar surface area (TPSA) is 75.4 Å². The van der Waals surface area contributed by atoms with Gasteiger partial charge in [0.2, 0.25) is 11.8 Å². The molecule has 0 bridgehead atoms. The summed E-state index contributed by atoms with van der Waals surface area (Å²) in [7, 11) is 0. The van der Waals surface area contributed by atoms with Crippen LogP contribution in [0.15, 0.2) is 28.8 Å². The van der Waals surface area contributed by atoms with Crippen LogP contribution in [-0.4, -0.2) is 23.5 Å². The van der Waals surface area contributed by atoms with E-state index in [9.17, 15) is 9.59 Å². The molecule has 1 N–H and O–H groups in total. The summed E-state index contributed by atoms with van der Waals surface area (Å²) in [5.74, 6) is 0.276. The molecule has 0 saturated heterocycles. The maximum Gasteiger partial charge on any atom is 0.245 e. The van der Waals surface area contributed by atoms with Gasteiger partial charge in [-0.05, 0) is 31.5 Å². The van der Waals surface area contributed by atoms with Gasteiger partial charge >= 0.3 is 0 Å². The Balaban J connectivity index is 2.16. The highest BCUT2D eigenvalue weighted by Gasteiger charge is 2.18. The molecule has 0 atom stereocenters. The Labute approximate surface area is 133 Å². The quantitative estimate of drug-likeness (QED) is 0.939. The predicted molar refractivity (Wildman–Crippen MR) is 84.1 cm³/mol. The van der Waals surface area contributed by atoms with E-state index >= 15 is 0 Å². The van der Waals surface area contributed by atoms with Crippen LogP contribution < -0.4 is 10.2 Å². The average molecular weight is 322 g/mol. The SMILES string of the molecule is CC(=O)N(CC(=O)Nc1cc(C)on1)c1cc(Cl)ccc1C. The number of anilines is 2.